The van der Waals surface area contributed by atoms with Gasteiger partial charge in [-0.25, -0.2) is 41.5 Å². The predicted molar refractivity (Wildman–Crippen MR) is 192 cm³/mol. The first-order valence-corrected chi connectivity index (χ1v) is 18.7. The number of hydrogen-bond donors (Lipinski definition) is 6. The van der Waals surface area contributed by atoms with Crippen molar-refractivity contribution in [3.63, 3.8) is 0 Å². The fourth-order valence-electron chi connectivity index (χ4n) is 3.54. The Hall–Kier alpha value is -5.06. The van der Waals surface area contributed by atoms with Crippen molar-refractivity contribution in [1.82, 2.24) is 23.4 Å². The summed E-state index contributed by atoms with van der Waals surface area (Å²) in [7, 11) is -3.37. The zero-order chi connectivity index (χ0) is 38.4. The van der Waals surface area contributed by atoms with Gasteiger partial charge in [-0.2, -0.15) is 8.75 Å². The summed E-state index contributed by atoms with van der Waals surface area (Å²) in [5.74, 6) is -0.791. The van der Waals surface area contributed by atoms with E-state index in [0.717, 1.165) is 29.3 Å². The zero-order valence-electron chi connectivity index (χ0n) is 28.5. The molecule has 2 aromatic carbocycles. The van der Waals surface area contributed by atoms with E-state index < -0.39 is 39.7 Å². The molecule has 0 saturated carbocycles. The summed E-state index contributed by atoms with van der Waals surface area (Å²) in [4.78, 5) is 42.7. The summed E-state index contributed by atoms with van der Waals surface area (Å²) in [5.41, 5.74) is 0.604. The van der Waals surface area contributed by atoms with Gasteiger partial charge in [0.2, 0.25) is 20.3 Å². The van der Waals surface area contributed by atoms with E-state index in [0.29, 0.717) is 24.6 Å². The lowest BCUT2D eigenvalue weighted by Crippen LogP contribution is -2.22. The summed E-state index contributed by atoms with van der Waals surface area (Å²) < 4.78 is 70.0. The number of carboxylic acids is 1. The molecule has 4 rings (SSSR count). The van der Waals surface area contributed by atoms with Crippen LogP contribution >= 0.6 is 23.1 Å². The number of nitrogens with zero attached hydrogens (tertiary/aromatic N) is 4. The van der Waals surface area contributed by atoms with Crippen LogP contribution in [0.4, 0.5) is 40.0 Å². The number of carbonyl (C=O) groups excluding carboxylic acids is 2. The highest BCUT2D eigenvalue weighted by Gasteiger charge is 2.15. The number of aromatic nitrogens is 4. The minimum Gasteiger partial charge on any atom is -0.491 e. The number of anilines is 4. The molecule has 2 heterocycles. The van der Waals surface area contributed by atoms with Gasteiger partial charge >= 0.3 is 18.0 Å². The average Bonchev–Trinajstić information content (AvgIpc) is 3.68. The van der Waals surface area contributed by atoms with E-state index in [1.807, 2.05) is 27.7 Å². The summed E-state index contributed by atoms with van der Waals surface area (Å²) >= 11 is 1.76. The maximum atomic E-state index is 13.4. The van der Waals surface area contributed by atoms with Crippen molar-refractivity contribution in [3.05, 3.63) is 59.7 Å². The van der Waals surface area contributed by atoms with Crippen molar-refractivity contribution in [1.29, 1.82) is 0 Å². The number of amides is 4. The van der Waals surface area contributed by atoms with E-state index in [1.165, 1.54) is 36.4 Å². The van der Waals surface area contributed by atoms with E-state index in [1.54, 1.807) is 0 Å². The smallest absolute Gasteiger partial charge is 0.325 e. The molecule has 0 aliphatic carbocycles. The molecule has 4 amide bonds. The molecule has 2 aromatic heterocycles. The number of ether oxygens (including phenoxy) is 2. The first-order chi connectivity index (χ1) is 24.4. The number of halogens is 2. The fourth-order valence-corrected chi connectivity index (χ4v) is 5.09. The van der Waals surface area contributed by atoms with Crippen molar-refractivity contribution in [2.24, 2.45) is 11.8 Å². The Kier molecular flexibility index (Phi) is 15.5. The number of urea groups is 2. The van der Waals surface area contributed by atoms with Gasteiger partial charge in [-0.3, -0.25) is 15.4 Å². The standard InChI is InChI=1S/C15H20FN5O4S2.C15H17FN4O4S/c1-9(2)8-25-12-6-10(16)4-5-11(12)18-14(22)20-15-19-13(21-26-15)7-17-27(3,23)24;1-8(2)7-24-11-5-9(16)3-4-10(11)17-14(23)19-15-18-12(20-25-15)6-13(21)22/h4-6,9,17H,7-8H2,1-3H3,(H2,18,19,20,21,22);3-5,8H,6-7H2,1-2H3,(H,21,22)(H2,17,18,19,20,23). The first-order valence-electron chi connectivity index (χ1n) is 15.3. The Morgan fingerprint density at radius 2 is 1.21 bits per heavy atom. The molecule has 0 aliphatic heterocycles. The number of rotatable bonds is 15. The van der Waals surface area contributed by atoms with Crippen molar-refractivity contribution < 1.29 is 46.2 Å². The summed E-state index contributed by atoms with van der Waals surface area (Å²) in [5, 5.41) is 19.0. The number of nitrogens with one attached hydrogen (secondary N) is 5. The summed E-state index contributed by atoms with van der Waals surface area (Å²) in [6, 6.07) is 6.33. The fraction of sp³-hybridized carbons (Fsp3) is 0.367. The maximum absolute atomic E-state index is 13.4. The normalized spacial score (nSPS) is 11.0. The molecule has 282 valence electrons. The molecular formula is C30H37F2N9O8S3. The topological polar surface area (TPSA) is 236 Å². The third-order valence-electron chi connectivity index (χ3n) is 5.71. The van der Waals surface area contributed by atoms with Gasteiger partial charge in [0.25, 0.3) is 0 Å². The molecule has 17 nitrogen and oxygen atoms in total. The highest BCUT2D eigenvalue weighted by molar-refractivity contribution is 7.88. The second kappa shape index (κ2) is 19.5. The third-order valence-corrected chi connectivity index (χ3v) is 7.71. The van der Waals surface area contributed by atoms with Gasteiger partial charge in [0.15, 0.2) is 11.6 Å². The molecule has 0 atom stereocenters. The quantitative estimate of drug-likeness (QED) is 0.0890. The Bertz CT molecular complexity index is 1940. The number of carboxylic acid groups (broad SMARTS) is 1. The van der Waals surface area contributed by atoms with Gasteiger partial charge in [0.1, 0.15) is 29.6 Å². The van der Waals surface area contributed by atoms with E-state index in [4.69, 9.17) is 14.6 Å². The molecule has 22 heteroatoms. The minimum atomic E-state index is -3.37. The average molecular weight is 786 g/mol. The van der Waals surface area contributed by atoms with Crippen LogP contribution < -0.4 is 35.5 Å². The van der Waals surface area contributed by atoms with Crippen LogP contribution in [0.2, 0.25) is 0 Å². The van der Waals surface area contributed by atoms with Gasteiger partial charge in [-0.05, 0) is 36.1 Å². The second-order valence-electron chi connectivity index (χ2n) is 11.5. The number of carbonyl (C=O) groups is 3. The van der Waals surface area contributed by atoms with Crippen LogP contribution in [-0.4, -0.2) is 69.7 Å². The summed E-state index contributed by atoms with van der Waals surface area (Å²) in [6.07, 6.45) is 0.693. The number of hydrogen-bond acceptors (Lipinski definition) is 13. The van der Waals surface area contributed by atoms with Gasteiger partial charge < -0.3 is 25.2 Å². The van der Waals surface area contributed by atoms with Gasteiger partial charge in [-0.15, -0.1) is 0 Å². The van der Waals surface area contributed by atoms with Gasteiger partial charge in [-0.1, -0.05) is 27.7 Å². The lowest BCUT2D eigenvalue weighted by molar-refractivity contribution is -0.136. The van der Waals surface area contributed by atoms with Crippen LogP contribution in [0.15, 0.2) is 36.4 Å². The van der Waals surface area contributed by atoms with Crippen LogP contribution in [0, 0.1) is 23.5 Å². The number of aliphatic carboxylic acids is 1. The molecule has 0 fully saturated rings. The molecule has 4 aromatic rings. The van der Waals surface area contributed by atoms with Crippen molar-refractivity contribution in [3.8, 4) is 11.5 Å². The van der Waals surface area contributed by atoms with Gasteiger partial charge in [0, 0.05) is 35.2 Å². The molecule has 0 radical (unpaired) electrons. The van der Waals surface area contributed by atoms with Crippen molar-refractivity contribution in [2.75, 3.05) is 40.7 Å². The Balaban J connectivity index is 0.000000281. The van der Waals surface area contributed by atoms with Crippen molar-refractivity contribution >= 4 is 72.8 Å². The number of sulfonamides is 1. The minimum absolute atomic E-state index is 0.0796. The van der Waals surface area contributed by atoms with Crippen LogP contribution in [0.3, 0.4) is 0 Å². The zero-order valence-corrected chi connectivity index (χ0v) is 31.0. The molecule has 0 aliphatic rings. The predicted octanol–water partition coefficient (Wildman–Crippen LogP) is 5.39. The maximum Gasteiger partial charge on any atom is 0.325 e. The van der Waals surface area contributed by atoms with E-state index >= 15 is 0 Å². The molecule has 52 heavy (non-hydrogen) atoms. The Morgan fingerprint density at radius 1 is 0.769 bits per heavy atom. The lowest BCUT2D eigenvalue weighted by Gasteiger charge is -2.14. The highest BCUT2D eigenvalue weighted by atomic mass is 32.2. The van der Waals surface area contributed by atoms with Crippen LogP contribution in [0.1, 0.15) is 39.3 Å². The van der Waals surface area contributed by atoms with Crippen LogP contribution in [-0.2, 0) is 27.8 Å². The number of benzene rings is 2. The molecule has 6 N–H and O–H groups in total. The Morgan fingerprint density at radius 3 is 1.63 bits per heavy atom. The van der Waals surface area contributed by atoms with E-state index in [2.05, 4.69) is 44.7 Å². The van der Waals surface area contributed by atoms with Crippen LogP contribution in [0.25, 0.3) is 0 Å². The lowest BCUT2D eigenvalue weighted by atomic mass is 10.2. The van der Waals surface area contributed by atoms with Crippen molar-refractivity contribution in [2.45, 2.75) is 40.7 Å². The third kappa shape index (κ3) is 15.4. The second-order valence-corrected chi connectivity index (χ2v) is 14.9. The molecular weight excluding hydrogens is 749 g/mol. The first kappa shape index (κ1) is 41.4. The largest absolute Gasteiger partial charge is 0.491 e. The van der Waals surface area contributed by atoms with Crippen LogP contribution in [0.5, 0.6) is 11.5 Å². The summed E-state index contributed by atoms with van der Waals surface area (Å²) in [6.45, 7) is 8.45. The molecule has 0 saturated heterocycles. The molecule has 0 unspecified atom stereocenters. The van der Waals surface area contributed by atoms with Gasteiger partial charge in [0.05, 0.1) is 37.4 Å². The SMILES string of the molecule is CC(C)COc1cc(F)ccc1NC(=O)Nc1nc(CC(=O)O)ns1.CC(C)COc1cc(F)ccc1NC(=O)Nc1nc(CNS(C)(=O)=O)ns1. The van der Waals surface area contributed by atoms with E-state index in [9.17, 15) is 31.6 Å². The molecule has 0 bridgehead atoms. The monoisotopic (exact) mass is 785 g/mol. The highest BCUT2D eigenvalue weighted by Crippen LogP contribution is 2.27. The Labute approximate surface area is 306 Å². The van der Waals surface area contributed by atoms with E-state index in [-0.39, 0.29) is 58.2 Å². The molecule has 0 spiro atoms.